The number of primary sulfonamides is 1. The molecule has 4 N–H and O–H groups in total. The van der Waals surface area contributed by atoms with Gasteiger partial charge in [0.05, 0.1) is 5.25 Å². The van der Waals surface area contributed by atoms with Crippen molar-refractivity contribution in [2.24, 2.45) is 10.6 Å². The van der Waals surface area contributed by atoms with Crippen LogP contribution in [0.4, 0.5) is 13.2 Å². The van der Waals surface area contributed by atoms with Crippen LogP contribution in [0.2, 0.25) is 0 Å². The SMILES string of the molecule is NS(=O)(=O)C1CC2(CNC2)C1.O=C(O)C(F)(F)F. The minimum Gasteiger partial charge on any atom is -0.475 e. The van der Waals surface area contributed by atoms with Gasteiger partial charge in [0.15, 0.2) is 0 Å². The topological polar surface area (TPSA) is 109 Å². The van der Waals surface area contributed by atoms with E-state index in [0.29, 0.717) is 5.41 Å². The first kappa shape index (κ1) is 15.2. The highest BCUT2D eigenvalue weighted by atomic mass is 32.2. The Morgan fingerprint density at radius 1 is 1.33 bits per heavy atom. The third-order valence-corrected chi connectivity index (χ3v) is 4.29. The van der Waals surface area contributed by atoms with Crippen LogP contribution in [0, 0.1) is 5.41 Å². The van der Waals surface area contributed by atoms with Gasteiger partial charge >= 0.3 is 12.1 Å². The molecular formula is C8H13F3N2O4S. The number of rotatable bonds is 1. The van der Waals surface area contributed by atoms with Crippen molar-refractivity contribution in [3.05, 3.63) is 0 Å². The first-order valence-electron chi connectivity index (χ1n) is 4.99. The molecule has 2 aliphatic rings. The summed E-state index contributed by atoms with van der Waals surface area (Å²) in [4.78, 5) is 8.90. The van der Waals surface area contributed by atoms with E-state index >= 15 is 0 Å². The van der Waals surface area contributed by atoms with Gasteiger partial charge in [-0.05, 0) is 18.3 Å². The molecule has 2 fully saturated rings. The monoisotopic (exact) mass is 290 g/mol. The lowest BCUT2D eigenvalue weighted by Crippen LogP contribution is -2.63. The third-order valence-electron chi connectivity index (χ3n) is 3.03. The zero-order valence-electron chi connectivity index (χ0n) is 9.20. The number of halogens is 3. The number of nitrogens with one attached hydrogen (secondary N) is 1. The van der Waals surface area contributed by atoms with Crippen LogP contribution in [-0.4, -0.2) is 44.0 Å². The third kappa shape index (κ3) is 3.56. The van der Waals surface area contributed by atoms with Crippen molar-refractivity contribution in [3.63, 3.8) is 0 Å². The minimum atomic E-state index is -5.08. The number of aliphatic carboxylic acids is 1. The fourth-order valence-electron chi connectivity index (χ4n) is 1.91. The second kappa shape index (κ2) is 4.67. The number of sulfonamides is 1. The highest BCUT2D eigenvalue weighted by Gasteiger charge is 2.52. The average molecular weight is 290 g/mol. The molecule has 18 heavy (non-hydrogen) atoms. The lowest BCUT2D eigenvalue weighted by atomic mass is 9.64. The molecule has 0 aromatic heterocycles. The van der Waals surface area contributed by atoms with E-state index in [-0.39, 0.29) is 5.25 Å². The maximum Gasteiger partial charge on any atom is 0.490 e. The molecule has 1 spiro atoms. The normalized spacial score (nSPS) is 22.4. The molecule has 0 radical (unpaired) electrons. The lowest BCUT2D eigenvalue weighted by Gasteiger charge is -2.53. The molecule has 0 aromatic rings. The van der Waals surface area contributed by atoms with Gasteiger partial charge in [0.1, 0.15) is 0 Å². The van der Waals surface area contributed by atoms with Gasteiger partial charge in [0.25, 0.3) is 0 Å². The molecule has 0 amide bonds. The zero-order valence-corrected chi connectivity index (χ0v) is 10.0. The van der Waals surface area contributed by atoms with E-state index in [2.05, 4.69) is 5.32 Å². The Morgan fingerprint density at radius 2 is 1.72 bits per heavy atom. The van der Waals surface area contributed by atoms with Crippen LogP contribution < -0.4 is 10.5 Å². The highest BCUT2D eigenvalue weighted by Crippen LogP contribution is 2.46. The number of alkyl halides is 3. The molecule has 1 saturated carbocycles. The molecule has 6 nitrogen and oxygen atoms in total. The van der Waals surface area contributed by atoms with Gasteiger partial charge < -0.3 is 10.4 Å². The summed E-state index contributed by atoms with van der Waals surface area (Å²) in [5.74, 6) is -2.76. The second-order valence-corrected chi connectivity index (χ2v) is 6.37. The Morgan fingerprint density at radius 3 is 1.89 bits per heavy atom. The molecule has 10 heteroatoms. The molecular weight excluding hydrogens is 277 g/mol. The van der Waals surface area contributed by atoms with Crippen molar-refractivity contribution in [3.8, 4) is 0 Å². The van der Waals surface area contributed by atoms with Crippen molar-refractivity contribution in [1.29, 1.82) is 0 Å². The van der Waals surface area contributed by atoms with Crippen molar-refractivity contribution in [1.82, 2.24) is 5.32 Å². The summed E-state index contributed by atoms with van der Waals surface area (Å²) < 4.78 is 53.3. The van der Waals surface area contributed by atoms with Crippen LogP contribution in [0.3, 0.4) is 0 Å². The summed E-state index contributed by atoms with van der Waals surface area (Å²) in [6, 6.07) is 0. The number of carboxylic acid groups (broad SMARTS) is 1. The van der Waals surface area contributed by atoms with Gasteiger partial charge in [-0.1, -0.05) is 0 Å². The Bertz CT molecular complexity index is 422. The summed E-state index contributed by atoms with van der Waals surface area (Å²) in [7, 11) is -3.24. The smallest absolute Gasteiger partial charge is 0.475 e. The summed E-state index contributed by atoms with van der Waals surface area (Å²) >= 11 is 0. The Kier molecular flexibility index (Phi) is 3.94. The Hall–Kier alpha value is -0.870. The van der Waals surface area contributed by atoms with Crippen molar-refractivity contribution in [2.75, 3.05) is 13.1 Å². The standard InChI is InChI=1S/C6H12N2O2S.C2HF3O2/c7-11(9,10)5-1-6(2-5)3-8-4-6;3-2(4,5)1(6)7/h5,8H,1-4H2,(H2,7,9,10);(H,6,7). The molecule has 0 atom stereocenters. The van der Waals surface area contributed by atoms with Crippen LogP contribution in [0.25, 0.3) is 0 Å². The van der Waals surface area contributed by atoms with Gasteiger partial charge in [-0.25, -0.2) is 18.4 Å². The van der Waals surface area contributed by atoms with Gasteiger partial charge in [-0.2, -0.15) is 13.2 Å². The van der Waals surface area contributed by atoms with Crippen LogP contribution in [0.15, 0.2) is 0 Å². The minimum absolute atomic E-state index is 0.260. The van der Waals surface area contributed by atoms with Crippen molar-refractivity contribution >= 4 is 16.0 Å². The molecule has 1 aliphatic carbocycles. The van der Waals surface area contributed by atoms with Gasteiger partial charge in [0, 0.05) is 13.1 Å². The lowest BCUT2D eigenvalue weighted by molar-refractivity contribution is -0.192. The van der Waals surface area contributed by atoms with E-state index in [4.69, 9.17) is 15.0 Å². The maximum absolute atomic E-state index is 10.8. The largest absolute Gasteiger partial charge is 0.490 e. The first-order chi connectivity index (χ1) is 7.96. The predicted molar refractivity (Wildman–Crippen MR) is 55.1 cm³/mol. The van der Waals surface area contributed by atoms with Gasteiger partial charge in [-0.15, -0.1) is 0 Å². The average Bonchev–Trinajstić information content (AvgIpc) is 1.93. The molecule has 1 saturated heterocycles. The fourth-order valence-corrected chi connectivity index (χ4v) is 3.08. The molecule has 0 unspecified atom stereocenters. The number of nitrogens with two attached hydrogens (primary N) is 1. The number of carboxylic acids is 1. The fraction of sp³-hybridized carbons (Fsp3) is 0.875. The van der Waals surface area contributed by atoms with E-state index in [9.17, 15) is 21.6 Å². The quantitative estimate of drug-likeness (QED) is 0.612. The van der Waals surface area contributed by atoms with Crippen molar-refractivity contribution in [2.45, 2.75) is 24.3 Å². The van der Waals surface area contributed by atoms with Crippen molar-refractivity contribution < 1.29 is 31.5 Å². The molecule has 106 valence electrons. The van der Waals surface area contributed by atoms with E-state index in [0.717, 1.165) is 25.9 Å². The summed E-state index contributed by atoms with van der Waals surface area (Å²) in [6.45, 7) is 1.94. The highest BCUT2D eigenvalue weighted by molar-refractivity contribution is 7.89. The van der Waals surface area contributed by atoms with E-state index < -0.39 is 22.2 Å². The molecule has 2 rings (SSSR count). The predicted octanol–water partition coefficient (Wildman–Crippen LogP) is -0.340. The number of carbonyl (C=O) groups is 1. The molecule has 0 aromatic carbocycles. The second-order valence-electron chi connectivity index (χ2n) is 4.53. The first-order valence-corrected chi connectivity index (χ1v) is 6.60. The van der Waals surface area contributed by atoms with Gasteiger partial charge in [0.2, 0.25) is 10.0 Å². The molecule has 1 heterocycles. The summed E-state index contributed by atoms with van der Waals surface area (Å²) in [5, 5.41) is 15.0. The molecule has 1 aliphatic heterocycles. The zero-order chi connectivity index (χ0) is 14.2. The van der Waals surface area contributed by atoms with E-state index in [1.165, 1.54) is 0 Å². The molecule has 0 bridgehead atoms. The van der Waals surface area contributed by atoms with E-state index in [1.807, 2.05) is 0 Å². The van der Waals surface area contributed by atoms with Crippen LogP contribution in [-0.2, 0) is 14.8 Å². The Labute approximate surface area is 101 Å². The van der Waals surface area contributed by atoms with Crippen LogP contribution in [0.1, 0.15) is 12.8 Å². The van der Waals surface area contributed by atoms with E-state index in [1.54, 1.807) is 0 Å². The summed E-state index contributed by atoms with van der Waals surface area (Å²) in [5.41, 5.74) is 0.303. The van der Waals surface area contributed by atoms with Crippen LogP contribution >= 0.6 is 0 Å². The number of hydrogen-bond acceptors (Lipinski definition) is 4. The van der Waals surface area contributed by atoms with Crippen LogP contribution in [0.5, 0.6) is 0 Å². The number of hydrogen-bond donors (Lipinski definition) is 3. The van der Waals surface area contributed by atoms with Gasteiger partial charge in [-0.3, -0.25) is 0 Å². The maximum atomic E-state index is 10.8. The Balaban J connectivity index is 0.000000203. The summed E-state index contributed by atoms with van der Waals surface area (Å²) in [6.07, 6.45) is -3.56.